The first-order valence-electron chi connectivity index (χ1n) is 8.42. The lowest BCUT2D eigenvalue weighted by Gasteiger charge is -2.19. The molecule has 2 aromatic carbocycles. The van der Waals surface area contributed by atoms with E-state index in [-0.39, 0.29) is 18.5 Å². The van der Waals surface area contributed by atoms with Crippen LogP contribution in [0.25, 0.3) is 0 Å². The molecule has 1 aliphatic heterocycles. The molecular formula is C19H20ClN3O3. The van der Waals surface area contributed by atoms with E-state index < -0.39 is 0 Å². The van der Waals surface area contributed by atoms with Gasteiger partial charge in [-0.15, -0.1) is 0 Å². The molecule has 7 heteroatoms. The van der Waals surface area contributed by atoms with Crippen molar-refractivity contribution in [3.05, 3.63) is 53.6 Å². The second kappa shape index (κ2) is 8.10. The third-order valence-electron chi connectivity index (χ3n) is 4.01. The highest BCUT2D eigenvalue weighted by Crippen LogP contribution is 2.25. The molecule has 1 saturated heterocycles. The second-order valence-electron chi connectivity index (χ2n) is 5.81. The van der Waals surface area contributed by atoms with Crippen molar-refractivity contribution in [1.29, 1.82) is 0 Å². The first-order chi connectivity index (χ1) is 12.6. The fourth-order valence-electron chi connectivity index (χ4n) is 2.83. The quantitative estimate of drug-likeness (QED) is 0.841. The molecule has 1 N–H and O–H groups in total. The van der Waals surface area contributed by atoms with Gasteiger partial charge in [-0.1, -0.05) is 29.8 Å². The van der Waals surface area contributed by atoms with Crippen LogP contribution in [0.2, 0.25) is 5.02 Å². The monoisotopic (exact) mass is 373 g/mol. The first kappa shape index (κ1) is 18.1. The van der Waals surface area contributed by atoms with Gasteiger partial charge in [0.05, 0.1) is 12.3 Å². The van der Waals surface area contributed by atoms with E-state index in [4.69, 9.17) is 16.3 Å². The Morgan fingerprint density at radius 1 is 1.19 bits per heavy atom. The van der Waals surface area contributed by atoms with Gasteiger partial charge in [0.25, 0.3) is 0 Å². The average Bonchev–Trinajstić information content (AvgIpc) is 2.97. The van der Waals surface area contributed by atoms with Crippen LogP contribution in [0.5, 0.6) is 5.75 Å². The van der Waals surface area contributed by atoms with Crippen molar-refractivity contribution < 1.29 is 14.3 Å². The van der Waals surface area contributed by atoms with E-state index in [0.29, 0.717) is 36.2 Å². The van der Waals surface area contributed by atoms with E-state index in [2.05, 4.69) is 5.32 Å². The Bertz CT molecular complexity index is 812. The van der Waals surface area contributed by atoms with Crippen molar-refractivity contribution in [3.63, 3.8) is 0 Å². The molecule has 1 aliphatic rings. The summed E-state index contributed by atoms with van der Waals surface area (Å²) in [7, 11) is 0. The molecule has 0 bridgehead atoms. The number of nitrogens with one attached hydrogen (secondary N) is 1. The molecular weight excluding hydrogens is 354 g/mol. The number of amides is 3. The van der Waals surface area contributed by atoms with E-state index in [0.717, 1.165) is 5.69 Å². The molecule has 0 spiro atoms. The van der Waals surface area contributed by atoms with Crippen LogP contribution in [-0.4, -0.2) is 43.1 Å². The highest BCUT2D eigenvalue weighted by atomic mass is 35.5. The van der Waals surface area contributed by atoms with Gasteiger partial charge in [-0.05, 0) is 37.3 Å². The molecule has 0 radical (unpaired) electrons. The van der Waals surface area contributed by atoms with Gasteiger partial charge < -0.3 is 15.0 Å². The van der Waals surface area contributed by atoms with Gasteiger partial charge >= 0.3 is 6.03 Å². The van der Waals surface area contributed by atoms with Gasteiger partial charge in [0.15, 0.2) is 0 Å². The summed E-state index contributed by atoms with van der Waals surface area (Å²) in [6.07, 6.45) is 0. The normalized spacial score (nSPS) is 13.8. The van der Waals surface area contributed by atoms with Crippen molar-refractivity contribution in [1.82, 2.24) is 4.90 Å². The summed E-state index contributed by atoms with van der Waals surface area (Å²) >= 11 is 5.99. The Morgan fingerprint density at radius 3 is 2.77 bits per heavy atom. The number of nitrogens with zero attached hydrogens (tertiary/aromatic N) is 2. The smallest absolute Gasteiger partial charge is 0.325 e. The van der Waals surface area contributed by atoms with Crippen molar-refractivity contribution in [2.45, 2.75) is 6.92 Å². The van der Waals surface area contributed by atoms with Crippen LogP contribution >= 0.6 is 11.6 Å². The lowest BCUT2D eigenvalue weighted by molar-refractivity contribution is -0.116. The topological polar surface area (TPSA) is 61.9 Å². The molecule has 3 amide bonds. The summed E-state index contributed by atoms with van der Waals surface area (Å²) in [4.78, 5) is 28.1. The van der Waals surface area contributed by atoms with Crippen molar-refractivity contribution >= 4 is 34.9 Å². The Morgan fingerprint density at radius 2 is 2.00 bits per heavy atom. The Balaban J connectivity index is 1.63. The van der Waals surface area contributed by atoms with Crippen LogP contribution in [0, 0.1) is 0 Å². The van der Waals surface area contributed by atoms with Crippen LogP contribution in [0.3, 0.4) is 0 Å². The summed E-state index contributed by atoms with van der Waals surface area (Å²) < 4.78 is 5.50. The van der Waals surface area contributed by atoms with Crippen LogP contribution in [0.1, 0.15) is 6.92 Å². The summed E-state index contributed by atoms with van der Waals surface area (Å²) in [5.74, 6) is 0.343. The molecule has 26 heavy (non-hydrogen) atoms. The van der Waals surface area contributed by atoms with Crippen LogP contribution in [-0.2, 0) is 4.79 Å². The van der Waals surface area contributed by atoms with Gasteiger partial charge in [-0.3, -0.25) is 9.69 Å². The molecule has 2 aromatic rings. The number of para-hydroxylation sites is 2. The molecule has 6 nitrogen and oxygen atoms in total. The zero-order valence-corrected chi connectivity index (χ0v) is 15.2. The lowest BCUT2D eigenvalue weighted by Crippen LogP contribution is -2.37. The van der Waals surface area contributed by atoms with E-state index in [1.54, 1.807) is 35.2 Å². The van der Waals surface area contributed by atoms with E-state index >= 15 is 0 Å². The number of hydrogen-bond acceptors (Lipinski definition) is 3. The number of carbonyl (C=O) groups is 2. The number of urea groups is 1. The zero-order valence-electron chi connectivity index (χ0n) is 14.4. The number of benzene rings is 2. The summed E-state index contributed by atoms with van der Waals surface area (Å²) in [6.45, 7) is 3.36. The van der Waals surface area contributed by atoms with Gasteiger partial charge in [-0.25, -0.2) is 4.79 Å². The zero-order chi connectivity index (χ0) is 18.5. The molecule has 3 rings (SSSR count). The molecule has 0 atom stereocenters. The van der Waals surface area contributed by atoms with Gasteiger partial charge in [0.2, 0.25) is 5.91 Å². The minimum atomic E-state index is -0.265. The molecule has 1 heterocycles. The molecule has 0 unspecified atom stereocenters. The van der Waals surface area contributed by atoms with E-state index in [1.165, 1.54) is 4.90 Å². The number of ether oxygens (including phenoxy) is 1. The summed E-state index contributed by atoms with van der Waals surface area (Å²) in [6, 6.07) is 14.1. The third kappa shape index (κ3) is 4.08. The van der Waals surface area contributed by atoms with E-state index in [9.17, 15) is 9.59 Å². The van der Waals surface area contributed by atoms with Crippen LogP contribution in [0.15, 0.2) is 48.5 Å². The SMILES string of the molecule is CCOc1ccccc1NC(=O)CN1CCN(c2cccc(Cl)c2)C1=O. The molecule has 136 valence electrons. The standard InChI is InChI=1S/C19H20ClN3O3/c1-2-26-17-9-4-3-8-16(17)21-18(24)13-22-10-11-23(19(22)25)15-7-5-6-14(20)12-15/h3-9,12H,2,10-11,13H2,1H3,(H,21,24). The predicted octanol–water partition coefficient (Wildman–Crippen LogP) is 3.62. The number of hydrogen-bond donors (Lipinski definition) is 1. The van der Waals surface area contributed by atoms with Crippen molar-refractivity contribution in [2.24, 2.45) is 0 Å². The molecule has 0 aromatic heterocycles. The molecule has 0 saturated carbocycles. The highest BCUT2D eigenvalue weighted by Gasteiger charge is 2.31. The number of rotatable bonds is 6. The highest BCUT2D eigenvalue weighted by molar-refractivity contribution is 6.30. The Kier molecular flexibility index (Phi) is 5.63. The number of halogens is 1. The van der Waals surface area contributed by atoms with Gasteiger partial charge in [0, 0.05) is 23.8 Å². The maximum absolute atomic E-state index is 12.6. The molecule has 1 fully saturated rings. The van der Waals surface area contributed by atoms with Crippen molar-refractivity contribution in [3.8, 4) is 5.75 Å². The largest absolute Gasteiger partial charge is 0.492 e. The van der Waals surface area contributed by atoms with Crippen LogP contribution < -0.4 is 15.0 Å². The summed E-state index contributed by atoms with van der Waals surface area (Å²) in [5.41, 5.74) is 1.32. The third-order valence-corrected chi connectivity index (χ3v) is 4.25. The molecule has 0 aliphatic carbocycles. The first-order valence-corrected chi connectivity index (χ1v) is 8.80. The lowest BCUT2D eigenvalue weighted by atomic mass is 10.3. The maximum Gasteiger partial charge on any atom is 0.325 e. The summed E-state index contributed by atoms with van der Waals surface area (Å²) in [5, 5.41) is 3.38. The van der Waals surface area contributed by atoms with E-state index in [1.807, 2.05) is 25.1 Å². The van der Waals surface area contributed by atoms with Gasteiger partial charge in [-0.2, -0.15) is 0 Å². The predicted molar refractivity (Wildman–Crippen MR) is 102 cm³/mol. The Labute approximate surface area is 157 Å². The minimum Gasteiger partial charge on any atom is -0.492 e. The fraction of sp³-hybridized carbons (Fsp3) is 0.263. The number of carbonyl (C=O) groups excluding carboxylic acids is 2. The maximum atomic E-state index is 12.6. The average molecular weight is 374 g/mol. The van der Waals surface area contributed by atoms with Crippen molar-refractivity contribution in [2.75, 3.05) is 36.5 Å². The van der Waals surface area contributed by atoms with Gasteiger partial charge in [0.1, 0.15) is 12.3 Å². The van der Waals surface area contributed by atoms with Crippen LogP contribution in [0.4, 0.5) is 16.2 Å². The minimum absolute atomic E-state index is 0.0175. The Hall–Kier alpha value is -2.73. The fourth-order valence-corrected chi connectivity index (χ4v) is 3.01. The number of anilines is 2. The second-order valence-corrected chi connectivity index (χ2v) is 6.25.